The molecule has 1 unspecified atom stereocenters. The van der Waals surface area contributed by atoms with E-state index in [1.807, 2.05) is 0 Å². The van der Waals surface area contributed by atoms with Crippen molar-refractivity contribution in [3.8, 4) is 30.4 Å². The first kappa shape index (κ1) is 14.3. The van der Waals surface area contributed by atoms with E-state index in [2.05, 4.69) is 16.4 Å². The number of unbranched alkanes of at least 4 members (excludes halogenated alkanes) is 1. The van der Waals surface area contributed by atoms with Crippen LogP contribution in [0.25, 0.3) is 0 Å². The molecule has 1 atom stereocenters. The zero-order chi connectivity index (χ0) is 12.2. The third-order valence-electron chi connectivity index (χ3n) is 1.36. The second-order valence-corrected chi connectivity index (χ2v) is 3.33. The van der Waals surface area contributed by atoms with Crippen LogP contribution in [0.1, 0.15) is 12.8 Å². The van der Waals surface area contributed by atoms with Gasteiger partial charge >= 0.3 is 8.25 Å². The molecule has 0 heterocycles. The fraction of sp³-hybridized carbons (Fsp3) is 0.167. The van der Waals surface area contributed by atoms with Crippen LogP contribution >= 0.6 is 8.25 Å². The van der Waals surface area contributed by atoms with Crippen LogP contribution in [-0.4, -0.2) is 4.89 Å². The first-order chi connectivity index (χ1) is 7.70. The molecule has 0 amide bonds. The minimum atomic E-state index is -2.84. The molecule has 84 valence electrons. The van der Waals surface area contributed by atoms with Crippen LogP contribution < -0.4 is 4.52 Å². The number of hydrogen-bond acceptors (Lipinski definition) is 2. The molecule has 0 saturated carbocycles. The molecule has 0 aromatic heterocycles. The molecule has 0 radical (unpaired) electrons. The van der Waals surface area contributed by atoms with E-state index in [-0.39, 0.29) is 0 Å². The van der Waals surface area contributed by atoms with Crippen molar-refractivity contribution in [2.24, 2.45) is 0 Å². The summed E-state index contributed by atoms with van der Waals surface area (Å²) in [5.41, 5.74) is 0. The second-order valence-electron chi connectivity index (χ2n) is 2.59. The second kappa shape index (κ2) is 9.87. The van der Waals surface area contributed by atoms with E-state index in [4.69, 9.17) is 17.7 Å². The van der Waals surface area contributed by atoms with Gasteiger partial charge in [-0.25, -0.2) is 4.57 Å². The van der Waals surface area contributed by atoms with Crippen LogP contribution in [0.15, 0.2) is 30.3 Å². The molecule has 0 aliphatic carbocycles. The summed E-state index contributed by atoms with van der Waals surface area (Å²) < 4.78 is 14.6. The van der Waals surface area contributed by atoms with Gasteiger partial charge in [0.2, 0.25) is 0 Å². The zero-order valence-electron chi connectivity index (χ0n) is 8.72. The summed E-state index contributed by atoms with van der Waals surface area (Å²) in [4.78, 5) is 8.33. The maximum atomic E-state index is 10.1. The molecule has 1 N–H and O–H groups in total. The van der Waals surface area contributed by atoms with Gasteiger partial charge in [0.1, 0.15) is 5.75 Å². The highest BCUT2D eigenvalue weighted by Crippen LogP contribution is 2.21. The molecular formula is C12H13O3P. The van der Waals surface area contributed by atoms with Crippen LogP contribution in [0.5, 0.6) is 5.75 Å². The first-order valence-electron chi connectivity index (χ1n) is 4.53. The third kappa shape index (κ3) is 8.91. The highest BCUT2D eigenvalue weighted by atomic mass is 31.1. The Kier molecular flexibility index (Phi) is 8.84. The fourth-order valence-electron chi connectivity index (χ4n) is 0.734. The fourth-order valence-corrected chi connectivity index (χ4v) is 1.07. The van der Waals surface area contributed by atoms with Gasteiger partial charge in [0.15, 0.2) is 0 Å². The van der Waals surface area contributed by atoms with E-state index < -0.39 is 8.25 Å². The summed E-state index contributed by atoms with van der Waals surface area (Å²) in [6, 6.07) is 8.53. The predicted octanol–water partition coefficient (Wildman–Crippen LogP) is 2.48. The lowest BCUT2D eigenvalue weighted by molar-refractivity contribution is 0.410. The molecule has 1 rings (SSSR count). The Morgan fingerprint density at radius 1 is 1.19 bits per heavy atom. The molecule has 0 aliphatic heterocycles. The van der Waals surface area contributed by atoms with E-state index in [1.165, 1.54) is 0 Å². The normalized spacial score (nSPS) is 9.94. The van der Waals surface area contributed by atoms with E-state index in [0.29, 0.717) is 18.6 Å². The van der Waals surface area contributed by atoms with Gasteiger partial charge in [0, 0.05) is 12.8 Å². The number of rotatable bonds is 3. The maximum Gasteiger partial charge on any atom is 0.365 e. The molecule has 0 spiro atoms. The Morgan fingerprint density at radius 2 is 1.69 bits per heavy atom. The largest absolute Gasteiger partial charge is 0.426 e. The highest BCUT2D eigenvalue weighted by molar-refractivity contribution is 7.32. The van der Waals surface area contributed by atoms with Crippen molar-refractivity contribution < 1.29 is 14.0 Å². The van der Waals surface area contributed by atoms with Gasteiger partial charge < -0.3 is 9.42 Å². The maximum absolute atomic E-state index is 10.1. The van der Waals surface area contributed by atoms with Crippen molar-refractivity contribution in [1.82, 2.24) is 0 Å². The van der Waals surface area contributed by atoms with Gasteiger partial charge in [0.25, 0.3) is 0 Å². The molecule has 0 fully saturated rings. The lowest BCUT2D eigenvalue weighted by Gasteiger charge is -1.98. The molecule has 0 aliphatic rings. The van der Waals surface area contributed by atoms with Crippen LogP contribution in [0.4, 0.5) is 0 Å². The number of hydrogen-bond donors (Lipinski definition) is 1. The molecule has 1 aromatic rings. The Morgan fingerprint density at radius 3 is 2.06 bits per heavy atom. The van der Waals surface area contributed by atoms with Crippen molar-refractivity contribution in [2.75, 3.05) is 0 Å². The minimum absolute atomic E-state index is 0.425. The van der Waals surface area contributed by atoms with Gasteiger partial charge in [-0.3, -0.25) is 0 Å². The molecule has 4 heteroatoms. The minimum Gasteiger partial charge on any atom is -0.426 e. The van der Waals surface area contributed by atoms with Gasteiger partial charge in [-0.2, -0.15) is 0 Å². The Hall–Kier alpha value is -1.67. The van der Waals surface area contributed by atoms with E-state index in [9.17, 15) is 4.57 Å². The highest BCUT2D eigenvalue weighted by Gasteiger charge is 1.92. The van der Waals surface area contributed by atoms with E-state index >= 15 is 0 Å². The van der Waals surface area contributed by atoms with E-state index in [0.717, 1.165) is 0 Å². The topological polar surface area (TPSA) is 46.5 Å². The zero-order valence-corrected chi connectivity index (χ0v) is 9.72. The van der Waals surface area contributed by atoms with E-state index in [1.54, 1.807) is 30.3 Å². The lowest BCUT2D eigenvalue weighted by Crippen LogP contribution is -1.77. The Balaban J connectivity index is 0.000000325. The van der Waals surface area contributed by atoms with Crippen molar-refractivity contribution in [3.05, 3.63) is 30.3 Å². The Bertz CT molecular complexity index is 373. The van der Waals surface area contributed by atoms with Crippen molar-refractivity contribution in [1.29, 1.82) is 0 Å². The summed E-state index contributed by atoms with van der Waals surface area (Å²) in [6.07, 6.45) is 11.1. The summed E-state index contributed by atoms with van der Waals surface area (Å²) in [7, 11) is -2.84. The summed E-state index contributed by atoms with van der Waals surface area (Å²) in [5, 5.41) is 0. The first-order valence-corrected chi connectivity index (χ1v) is 5.79. The number of benzene rings is 1. The smallest absolute Gasteiger partial charge is 0.365 e. The van der Waals surface area contributed by atoms with Gasteiger partial charge in [-0.15, -0.1) is 24.7 Å². The molecule has 16 heavy (non-hydrogen) atoms. The number of para-hydroxylation sites is 1. The van der Waals surface area contributed by atoms with Crippen LogP contribution in [0.2, 0.25) is 0 Å². The van der Waals surface area contributed by atoms with Gasteiger partial charge in [-0.1, -0.05) is 18.2 Å². The van der Waals surface area contributed by atoms with Crippen LogP contribution in [0, 0.1) is 24.7 Å². The average Bonchev–Trinajstić information content (AvgIpc) is 2.28. The molecule has 1 aromatic carbocycles. The standard InChI is InChI=1S/C6H7O3P.C6H6/c7-10(8)9-6-4-2-1-3-5-6;1-3-5-6-4-2/h1-5,10H,(H,7,8);1-2H,5-6H2. The predicted molar refractivity (Wildman–Crippen MR) is 65.2 cm³/mol. The average molecular weight is 236 g/mol. The van der Waals surface area contributed by atoms with Gasteiger partial charge in [0.05, 0.1) is 0 Å². The molecular weight excluding hydrogens is 223 g/mol. The lowest BCUT2D eigenvalue weighted by atomic mass is 10.3. The summed E-state index contributed by atoms with van der Waals surface area (Å²) in [6.45, 7) is 0. The van der Waals surface area contributed by atoms with Crippen molar-refractivity contribution in [3.63, 3.8) is 0 Å². The SMILES string of the molecule is C#CCCC#C.O=[PH](O)Oc1ccccc1. The summed E-state index contributed by atoms with van der Waals surface area (Å²) >= 11 is 0. The quantitative estimate of drug-likeness (QED) is 0.498. The molecule has 3 nitrogen and oxygen atoms in total. The van der Waals surface area contributed by atoms with Crippen LogP contribution in [0.3, 0.4) is 0 Å². The Labute approximate surface area is 96.4 Å². The van der Waals surface area contributed by atoms with Crippen molar-refractivity contribution in [2.45, 2.75) is 12.8 Å². The molecule has 0 saturated heterocycles. The number of terminal acetylenes is 2. The summed E-state index contributed by atoms with van der Waals surface area (Å²) in [5.74, 6) is 5.28. The molecule has 0 bridgehead atoms. The van der Waals surface area contributed by atoms with Crippen molar-refractivity contribution >= 4 is 8.25 Å². The monoisotopic (exact) mass is 236 g/mol. The van der Waals surface area contributed by atoms with Gasteiger partial charge in [-0.05, 0) is 12.1 Å². The van der Waals surface area contributed by atoms with Crippen LogP contribution in [-0.2, 0) is 4.57 Å². The third-order valence-corrected chi connectivity index (χ3v) is 1.77.